The Morgan fingerprint density at radius 2 is 2.00 bits per heavy atom. The van der Waals surface area contributed by atoms with Gasteiger partial charge in [-0.15, -0.1) is 0 Å². The SMILES string of the molecule is CC(=O)N(CCO)C(C)=CC(C)C(S)S. The van der Waals surface area contributed by atoms with Crippen molar-refractivity contribution in [1.82, 2.24) is 4.90 Å². The zero-order valence-corrected chi connectivity index (χ0v) is 11.1. The van der Waals surface area contributed by atoms with Crippen LogP contribution in [-0.4, -0.2) is 33.6 Å². The van der Waals surface area contributed by atoms with Gasteiger partial charge in [-0.05, 0) is 12.8 Å². The van der Waals surface area contributed by atoms with E-state index in [1.807, 2.05) is 19.9 Å². The van der Waals surface area contributed by atoms with E-state index in [0.717, 1.165) is 5.70 Å². The van der Waals surface area contributed by atoms with Gasteiger partial charge in [0.05, 0.1) is 11.2 Å². The van der Waals surface area contributed by atoms with Crippen molar-refractivity contribution < 1.29 is 9.90 Å². The molecule has 15 heavy (non-hydrogen) atoms. The van der Waals surface area contributed by atoms with Crippen molar-refractivity contribution in [3.63, 3.8) is 0 Å². The molecule has 0 aromatic heterocycles. The second-order valence-electron chi connectivity index (χ2n) is 3.48. The number of hydrogen-bond donors (Lipinski definition) is 3. The van der Waals surface area contributed by atoms with Crippen molar-refractivity contribution in [1.29, 1.82) is 0 Å². The number of hydrogen-bond acceptors (Lipinski definition) is 4. The molecular weight excluding hydrogens is 230 g/mol. The summed E-state index contributed by atoms with van der Waals surface area (Å²) >= 11 is 8.41. The molecule has 0 spiro atoms. The Labute approximate surface area is 102 Å². The van der Waals surface area contributed by atoms with Crippen LogP contribution in [0.3, 0.4) is 0 Å². The van der Waals surface area contributed by atoms with Gasteiger partial charge in [-0.2, -0.15) is 25.3 Å². The smallest absolute Gasteiger partial charge is 0.223 e. The number of nitrogens with zero attached hydrogens (tertiary/aromatic N) is 1. The second-order valence-corrected chi connectivity index (χ2v) is 5.00. The maximum absolute atomic E-state index is 11.3. The molecule has 3 nitrogen and oxygen atoms in total. The zero-order valence-electron chi connectivity index (χ0n) is 9.34. The summed E-state index contributed by atoms with van der Waals surface area (Å²) in [4.78, 5) is 12.8. The fraction of sp³-hybridized carbons (Fsp3) is 0.700. The lowest BCUT2D eigenvalue weighted by Gasteiger charge is -2.22. The summed E-state index contributed by atoms with van der Waals surface area (Å²) in [7, 11) is 0. The third-order valence-electron chi connectivity index (χ3n) is 2.10. The van der Waals surface area contributed by atoms with E-state index in [2.05, 4.69) is 25.3 Å². The highest BCUT2D eigenvalue weighted by Gasteiger charge is 2.12. The lowest BCUT2D eigenvalue weighted by molar-refractivity contribution is -0.127. The highest BCUT2D eigenvalue weighted by molar-refractivity contribution is 7.99. The first-order valence-corrected chi connectivity index (χ1v) is 5.87. The van der Waals surface area contributed by atoms with Crippen molar-refractivity contribution >= 4 is 31.2 Å². The highest BCUT2D eigenvalue weighted by atomic mass is 32.2. The van der Waals surface area contributed by atoms with Crippen molar-refractivity contribution in [2.45, 2.75) is 25.4 Å². The van der Waals surface area contributed by atoms with E-state index in [1.165, 1.54) is 6.92 Å². The largest absolute Gasteiger partial charge is 0.395 e. The van der Waals surface area contributed by atoms with Crippen LogP contribution in [0.25, 0.3) is 0 Å². The maximum Gasteiger partial charge on any atom is 0.223 e. The van der Waals surface area contributed by atoms with Crippen LogP contribution in [0.5, 0.6) is 0 Å². The average molecular weight is 249 g/mol. The summed E-state index contributed by atoms with van der Waals surface area (Å²) in [6, 6.07) is 0. The molecule has 88 valence electrons. The van der Waals surface area contributed by atoms with Crippen LogP contribution in [0.15, 0.2) is 11.8 Å². The van der Waals surface area contributed by atoms with Crippen molar-refractivity contribution in [3.05, 3.63) is 11.8 Å². The average Bonchev–Trinajstić information content (AvgIpc) is 2.12. The molecule has 0 saturated heterocycles. The van der Waals surface area contributed by atoms with E-state index in [-0.39, 0.29) is 23.0 Å². The molecule has 0 rings (SSSR count). The van der Waals surface area contributed by atoms with Gasteiger partial charge in [0.1, 0.15) is 0 Å². The van der Waals surface area contributed by atoms with Crippen LogP contribution in [0, 0.1) is 5.92 Å². The van der Waals surface area contributed by atoms with E-state index in [1.54, 1.807) is 4.90 Å². The minimum Gasteiger partial charge on any atom is -0.395 e. The Morgan fingerprint density at radius 1 is 1.47 bits per heavy atom. The fourth-order valence-electron chi connectivity index (χ4n) is 1.24. The van der Waals surface area contributed by atoms with Gasteiger partial charge in [-0.1, -0.05) is 13.0 Å². The lowest BCUT2D eigenvalue weighted by atomic mass is 10.1. The van der Waals surface area contributed by atoms with Crippen LogP contribution in [0.1, 0.15) is 20.8 Å². The van der Waals surface area contributed by atoms with E-state index >= 15 is 0 Å². The number of allylic oxidation sites excluding steroid dienone is 2. The topological polar surface area (TPSA) is 40.5 Å². The predicted molar refractivity (Wildman–Crippen MR) is 69.2 cm³/mol. The number of aliphatic hydroxyl groups excluding tert-OH is 1. The summed E-state index contributed by atoms with van der Waals surface area (Å²) in [6.07, 6.45) is 1.93. The second kappa shape index (κ2) is 7.19. The van der Waals surface area contributed by atoms with Crippen LogP contribution >= 0.6 is 25.3 Å². The first-order valence-electron chi connectivity index (χ1n) is 4.83. The predicted octanol–water partition coefficient (Wildman–Crippen LogP) is 1.55. The van der Waals surface area contributed by atoms with Gasteiger partial charge >= 0.3 is 0 Å². The Kier molecular flexibility index (Phi) is 7.13. The molecule has 0 aliphatic carbocycles. The molecule has 0 heterocycles. The van der Waals surface area contributed by atoms with E-state index in [9.17, 15) is 4.79 Å². The zero-order chi connectivity index (χ0) is 12.0. The van der Waals surface area contributed by atoms with Crippen LogP contribution in [0.4, 0.5) is 0 Å². The molecule has 0 aromatic carbocycles. The first-order chi connectivity index (χ1) is 6.90. The fourth-order valence-corrected chi connectivity index (χ4v) is 1.41. The molecule has 5 heteroatoms. The standard InChI is InChI=1S/C10H19NO2S2/c1-7(10(14)15)6-8(2)11(4-5-12)9(3)13/h6-7,10,12,14-15H,4-5H2,1-3H3. The van der Waals surface area contributed by atoms with Crippen LogP contribution in [0.2, 0.25) is 0 Å². The number of carbonyl (C=O) groups excluding carboxylic acids is 1. The molecule has 0 saturated carbocycles. The molecule has 1 atom stereocenters. The van der Waals surface area contributed by atoms with Crippen molar-refractivity contribution in [2.24, 2.45) is 5.92 Å². The van der Waals surface area contributed by atoms with Gasteiger partial charge in [0.2, 0.25) is 5.91 Å². The molecule has 0 bridgehead atoms. The first kappa shape index (κ1) is 14.9. The number of amides is 1. The molecular formula is C10H19NO2S2. The number of rotatable bonds is 5. The molecule has 1 amide bonds. The maximum atomic E-state index is 11.3. The Bertz CT molecular complexity index is 242. The monoisotopic (exact) mass is 249 g/mol. The van der Waals surface area contributed by atoms with Crippen LogP contribution < -0.4 is 0 Å². The third kappa shape index (κ3) is 5.49. The van der Waals surface area contributed by atoms with Gasteiger partial charge in [-0.25, -0.2) is 0 Å². The molecule has 0 aliphatic heterocycles. The molecule has 0 radical (unpaired) electrons. The van der Waals surface area contributed by atoms with Gasteiger partial charge in [0.25, 0.3) is 0 Å². The van der Waals surface area contributed by atoms with Gasteiger partial charge in [-0.3, -0.25) is 4.79 Å². The Morgan fingerprint density at radius 3 is 2.33 bits per heavy atom. The lowest BCUT2D eigenvalue weighted by Crippen LogP contribution is -2.30. The minimum absolute atomic E-state index is 0.0374. The number of aliphatic hydroxyl groups is 1. The summed E-state index contributed by atoms with van der Waals surface area (Å²) in [5, 5.41) is 8.83. The normalized spacial score (nSPS) is 14.2. The number of thiol groups is 2. The van der Waals surface area contributed by atoms with E-state index < -0.39 is 0 Å². The van der Waals surface area contributed by atoms with E-state index in [0.29, 0.717) is 6.54 Å². The summed E-state index contributed by atoms with van der Waals surface area (Å²) in [5.41, 5.74) is 0.831. The van der Waals surface area contributed by atoms with Crippen LogP contribution in [-0.2, 0) is 4.79 Å². The highest BCUT2D eigenvalue weighted by Crippen LogP contribution is 2.17. The molecule has 0 aliphatic rings. The molecule has 1 unspecified atom stereocenters. The summed E-state index contributed by atoms with van der Waals surface area (Å²) < 4.78 is -0.0529. The summed E-state index contributed by atoms with van der Waals surface area (Å²) in [5.74, 6) is 0.0945. The van der Waals surface area contributed by atoms with Gasteiger partial charge in [0.15, 0.2) is 0 Å². The Hall–Kier alpha value is -0.130. The number of carbonyl (C=O) groups is 1. The van der Waals surface area contributed by atoms with Crippen molar-refractivity contribution in [3.8, 4) is 0 Å². The minimum atomic E-state index is -0.0696. The summed E-state index contributed by atoms with van der Waals surface area (Å²) in [6.45, 7) is 5.60. The Balaban J connectivity index is 4.61. The van der Waals surface area contributed by atoms with E-state index in [4.69, 9.17) is 5.11 Å². The quantitative estimate of drug-likeness (QED) is 0.511. The van der Waals surface area contributed by atoms with Gasteiger partial charge < -0.3 is 10.0 Å². The molecule has 1 N–H and O–H groups in total. The molecule has 0 fully saturated rings. The third-order valence-corrected chi connectivity index (χ3v) is 3.04. The van der Waals surface area contributed by atoms with Crippen molar-refractivity contribution in [2.75, 3.05) is 13.2 Å². The molecule has 0 aromatic rings. The van der Waals surface area contributed by atoms with Gasteiger partial charge in [0, 0.05) is 19.2 Å².